The molecule has 0 aliphatic heterocycles. The van der Waals surface area contributed by atoms with E-state index in [0.717, 1.165) is 25.7 Å². The van der Waals surface area contributed by atoms with Gasteiger partial charge in [-0.25, -0.2) is 13.2 Å². The summed E-state index contributed by atoms with van der Waals surface area (Å²) < 4.78 is 40.2. The Bertz CT molecular complexity index is 482. The minimum atomic E-state index is -1.09. The van der Waals surface area contributed by atoms with Crippen molar-refractivity contribution < 1.29 is 18.0 Å². The van der Waals surface area contributed by atoms with Crippen molar-refractivity contribution >= 4 is 5.78 Å². The number of rotatable bonds is 5. The Morgan fingerprint density at radius 2 is 1.67 bits per heavy atom. The van der Waals surface area contributed by atoms with Crippen LogP contribution in [-0.2, 0) is 0 Å². The van der Waals surface area contributed by atoms with E-state index in [4.69, 9.17) is 0 Å². The van der Waals surface area contributed by atoms with Crippen molar-refractivity contribution in [1.29, 1.82) is 0 Å². The van der Waals surface area contributed by atoms with Crippen LogP contribution in [0.1, 0.15) is 62.2 Å². The van der Waals surface area contributed by atoms with Gasteiger partial charge >= 0.3 is 0 Å². The van der Waals surface area contributed by atoms with Crippen LogP contribution in [0.2, 0.25) is 0 Å². The van der Waals surface area contributed by atoms with E-state index < -0.39 is 28.8 Å². The van der Waals surface area contributed by atoms with Crippen LogP contribution in [0.15, 0.2) is 12.1 Å². The molecule has 1 aliphatic carbocycles. The second-order valence-electron chi connectivity index (χ2n) is 5.97. The number of hydrogen-bond acceptors (Lipinski definition) is 1. The maximum absolute atomic E-state index is 13.7. The van der Waals surface area contributed by atoms with E-state index in [1.54, 1.807) is 0 Å². The summed E-state index contributed by atoms with van der Waals surface area (Å²) in [4.78, 5) is 12.3. The van der Waals surface area contributed by atoms with Gasteiger partial charge in [0.25, 0.3) is 0 Å². The van der Waals surface area contributed by atoms with E-state index in [1.807, 2.05) is 0 Å². The summed E-state index contributed by atoms with van der Waals surface area (Å²) in [6, 6.07) is 1.15. The lowest BCUT2D eigenvalue weighted by atomic mass is 9.77. The number of Topliss-reactive ketones (excluding diaryl/α,β-unsaturated/α-hetero) is 1. The largest absolute Gasteiger partial charge is 0.294 e. The van der Waals surface area contributed by atoms with Gasteiger partial charge in [-0.3, -0.25) is 4.79 Å². The lowest BCUT2D eigenvalue weighted by molar-refractivity contribution is 0.0860. The third kappa shape index (κ3) is 3.86. The molecule has 0 spiro atoms. The van der Waals surface area contributed by atoms with Gasteiger partial charge in [0.1, 0.15) is 17.5 Å². The molecule has 1 aliphatic rings. The molecule has 1 saturated carbocycles. The summed E-state index contributed by atoms with van der Waals surface area (Å²) in [5.74, 6) is -3.41. The Hall–Kier alpha value is -1.32. The second-order valence-corrected chi connectivity index (χ2v) is 5.97. The molecule has 4 heteroatoms. The van der Waals surface area contributed by atoms with Crippen LogP contribution in [0.5, 0.6) is 0 Å². The highest BCUT2D eigenvalue weighted by atomic mass is 19.1. The molecule has 0 aromatic heterocycles. The van der Waals surface area contributed by atoms with Gasteiger partial charge in [-0.05, 0) is 31.6 Å². The average molecular weight is 298 g/mol. The normalized spacial score (nSPS) is 22.3. The summed E-state index contributed by atoms with van der Waals surface area (Å²) in [7, 11) is 0. The molecule has 116 valence electrons. The standard InChI is InChI=1S/C17H21F3O/c1-2-3-4-11-5-7-12(8-6-11)17(21)16-14(19)9-13(18)10-15(16)20/h9-12H,2-8H2,1H3. The smallest absolute Gasteiger partial charge is 0.171 e. The number of hydrogen-bond donors (Lipinski definition) is 0. The Labute approximate surface area is 123 Å². The lowest BCUT2D eigenvalue weighted by Gasteiger charge is -2.27. The minimum Gasteiger partial charge on any atom is -0.294 e. The summed E-state index contributed by atoms with van der Waals surface area (Å²) >= 11 is 0. The van der Waals surface area contributed by atoms with Gasteiger partial charge in [-0.1, -0.05) is 26.2 Å². The molecule has 0 saturated heterocycles. The predicted octanol–water partition coefficient (Wildman–Crippen LogP) is 5.28. The molecule has 0 heterocycles. The van der Waals surface area contributed by atoms with Crippen LogP contribution in [0, 0.1) is 29.3 Å². The van der Waals surface area contributed by atoms with Gasteiger partial charge in [0.15, 0.2) is 5.78 Å². The van der Waals surface area contributed by atoms with Crippen molar-refractivity contribution in [3.8, 4) is 0 Å². The highest BCUT2D eigenvalue weighted by Crippen LogP contribution is 2.34. The first-order valence-corrected chi connectivity index (χ1v) is 7.71. The summed E-state index contributed by atoms with van der Waals surface area (Å²) in [6.45, 7) is 2.15. The molecule has 0 amide bonds. The van der Waals surface area contributed by atoms with Gasteiger partial charge in [0, 0.05) is 18.1 Å². The van der Waals surface area contributed by atoms with Gasteiger partial charge in [-0.2, -0.15) is 0 Å². The molecule has 2 rings (SSSR count). The maximum atomic E-state index is 13.7. The Balaban J connectivity index is 2.02. The summed E-state index contributed by atoms with van der Waals surface area (Å²) in [5, 5.41) is 0. The monoisotopic (exact) mass is 298 g/mol. The van der Waals surface area contributed by atoms with Gasteiger partial charge in [-0.15, -0.1) is 0 Å². The van der Waals surface area contributed by atoms with Crippen LogP contribution in [0.4, 0.5) is 13.2 Å². The van der Waals surface area contributed by atoms with E-state index in [-0.39, 0.29) is 5.92 Å². The third-order valence-corrected chi connectivity index (χ3v) is 4.44. The van der Waals surface area contributed by atoms with E-state index in [9.17, 15) is 18.0 Å². The first-order valence-electron chi connectivity index (χ1n) is 7.71. The van der Waals surface area contributed by atoms with Gasteiger partial charge in [0.05, 0.1) is 5.56 Å². The van der Waals surface area contributed by atoms with Crippen molar-refractivity contribution in [2.75, 3.05) is 0 Å². The molecule has 1 aromatic carbocycles. The zero-order valence-electron chi connectivity index (χ0n) is 12.3. The molecule has 21 heavy (non-hydrogen) atoms. The fraction of sp³-hybridized carbons (Fsp3) is 0.588. The Morgan fingerprint density at radius 1 is 1.10 bits per heavy atom. The SMILES string of the molecule is CCCCC1CCC(C(=O)c2c(F)cc(F)cc2F)CC1. The van der Waals surface area contributed by atoms with Crippen molar-refractivity contribution in [2.24, 2.45) is 11.8 Å². The van der Waals surface area contributed by atoms with Crippen molar-refractivity contribution in [3.63, 3.8) is 0 Å². The number of unbranched alkanes of at least 4 members (excludes halogenated alkanes) is 1. The first-order chi connectivity index (χ1) is 10.0. The fourth-order valence-corrected chi connectivity index (χ4v) is 3.19. The van der Waals surface area contributed by atoms with Crippen LogP contribution in [0.3, 0.4) is 0 Å². The fourth-order valence-electron chi connectivity index (χ4n) is 3.19. The average Bonchev–Trinajstić information content (AvgIpc) is 2.44. The summed E-state index contributed by atoms with van der Waals surface area (Å²) in [5.41, 5.74) is -0.576. The highest BCUT2D eigenvalue weighted by Gasteiger charge is 2.30. The molecule has 0 atom stereocenters. The Kier molecular flexibility index (Phi) is 5.43. The molecule has 0 bridgehead atoms. The highest BCUT2D eigenvalue weighted by molar-refractivity contribution is 5.98. The van der Waals surface area contributed by atoms with Crippen LogP contribution < -0.4 is 0 Å². The van der Waals surface area contributed by atoms with E-state index in [2.05, 4.69) is 6.92 Å². The number of carbonyl (C=O) groups is 1. The molecule has 1 nitrogen and oxygen atoms in total. The zero-order valence-corrected chi connectivity index (χ0v) is 12.3. The van der Waals surface area contributed by atoms with E-state index in [0.29, 0.717) is 30.9 Å². The minimum absolute atomic E-state index is 0.336. The van der Waals surface area contributed by atoms with E-state index >= 15 is 0 Å². The first kappa shape index (κ1) is 16.1. The van der Waals surface area contributed by atoms with Crippen molar-refractivity contribution in [1.82, 2.24) is 0 Å². The zero-order chi connectivity index (χ0) is 15.4. The molecule has 1 fully saturated rings. The second kappa shape index (κ2) is 7.10. The topological polar surface area (TPSA) is 17.1 Å². The number of halogens is 3. The molecule has 0 N–H and O–H groups in total. The maximum Gasteiger partial charge on any atom is 0.171 e. The van der Waals surface area contributed by atoms with E-state index in [1.165, 1.54) is 6.42 Å². The van der Waals surface area contributed by atoms with Crippen molar-refractivity contribution in [2.45, 2.75) is 51.9 Å². The molecule has 0 unspecified atom stereocenters. The van der Waals surface area contributed by atoms with Crippen LogP contribution in [0.25, 0.3) is 0 Å². The lowest BCUT2D eigenvalue weighted by Crippen LogP contribution is -2.23. The molecular formula is C17H21F3O. The summed E-state index contributed by atoms with van der Waals surface area (Å²) in [6.07, 6.45) is 6.71. The van der Waals surface area contributed by atoms with Crippen LogP contribution in [-0.4, -0.2) is 5.78 Å². The Morgan fingerprint density at radius 3 is 2.19 bits per heavy atom. The molecule has 0 radical (unpaired) electrons. The molecular weight excluding hydrogens is 277 g/mol. The van der Waals surface area contributed by atoms with Crippen LogP contribution >= 0.6 is 0 Å². The van der Waals surface area contributed by atoms with Gasteiger partial charge in [0.2, 0.25) is 0 Å². The molecule has 1 aromatic rings. The third-order valence-electron chi connectivity index (χ3n) is 4.44. The predicted molar refractivity (Wildman–Crippen MR) is 75.6 cm³/mol. The number of ketones is 1. The van der Waals surface area contributed by atoms with Crippen molar-refractivity contribution in [3.05, 3.63) is 35.1 Å². The number of carbonyl (C=O) groups excluding carboxylic acids is 1. The van der Waals surface area contributed by atoms with Gasteiger partial charge < -0.3 is 0 Å². The quantitative estimate of drug-likeness (QED) is 0.676. The number of benzene rings is 1.